The van der Waals surface area contributed by atoms with Crippen molar-refractivity contribution < 1.29 is 18.0 Å². The van der Waals surface area contributed by atoms with Gasteiger partial charge < -0.3 is 10.2 Å². The van der Waals surface area contributed by atoms with E-state index in [1.54, 1.807) is 55.5 Å². The fourth-order valence-electron chi connectivity index (χ4n) is 3.08. The number of nitrogens with one attached hydrogen (secondary N) is 1. The number of hydrogen-bond acceptors (Lipinski definition) is 4. The maximum absolute atomic E-state index is 13.5. The summed E-state index contributed by atoms with van der Waals surface area (Å²) in [4.78, 5) is 27.7. The molecule has 2 amide bonds. The number of para-hydroxylation sites is 1. The van der Waals surface area contributed by atoms with Gasteiger partial charge in [0.15, 0.2) is 0 Å². The molecule has 2 aromatic rings. The van der Waals surface area contributed by atoms with Gasteiger partial charge in [0.05, 0.1) is 11.9 Å². The van der Waals surface area contributed by atoms with Gasteiger partial charge in [-0.1, -0.05) is 42.8 Å². The van der Waals surface area contributed by atoms with Gasteiger partial charge in [0.2, 0.25) is 21.8 Å². The summed E-state index contributed by atoms with van der Waals surface area (Å²) in [6.07, 6.45) is 1.79. The molecule has 0 saturated carbocycles. The second-order valence-corrected chi connectivity index (χ2v) is 11.1. The van der Waals surface area contributed by atoms with Crippen LogP contribution in [0.2, 0.25) is 5.02 Å². The van der Waals surface area contributed by atoms with E-state index < -0.39 is 28.5 Å². The summed E-state index contributed by atoms with van der Waals surface area (Å²) in [5.41, 5.74) is 1.11. The highest BCUT2D eigenvalue weighted by molar-refractivity contribution is 9.10. The number of carbonyl (C=O) groups is 2. The zero-order valence-corrected chi connectivity index (χ0v) is 22.2. The molecule has 0 unspecified atom stereocenters. The number of hydrogen-bond donors (Lipinski definition) is 1. The molecule has 0 radical (unpaired) electrons. The lowest BCUT2D eigenvalue weighted by molar-refractivity contribution is -0.139. The van der Waals surface area contributed by atoms with Crippen molar-refractivity contribution in [1.29, 1.82) is 0 Å². The van der Waals surface area contributed by atoms with Crippen molar-refractivity contribution in [2.75, 3.05) is 17.1 Å². The zero-order valence-electron chi connectivity index (χ0n) is 19.1. The van der Waals surface area contributed by atoms with Crippen LogP contribution in [0.1, 0.15) is 32.8 Å². The van der Waals surface area contributed by atoms with E-state index >= 15 is 0 Å². The third-order valence-corrected chi connectivity index (χ3v) is 7.28. The van der Waals surface area contributed by atoms with E-state index in [4.69, 9.17) is 11.6 Å². The number of anilines is 1. The quantitative estimate of drug-likeness (QED) is 0.474. The van der Waals surface area contributed by atoms with E-state index in [1.165, 1.54) is 4.90 Å². The number of nitrogens with zero attached hydrogens (tertiary/aromatic N) is 2. The van der Waals surface area contributed by atoms with Crippen molar-refractivity contribution in [3.05, 3.63) is 63.6 Å². The molecule has 2 atom stereocenters. The standard InChI is InChI=1S/C23H29BrClN3O4S/c1-5-16(2)26-23(30)17(3)27(14-18-10-12-19(25)13-11-18)22(29)15-28(33(4,31)32)21-9-7-6-8-20(21)24/h6-13,16-17H,5,14-15H2,1-4H3,(H,26,30)/t16-,17-/m1/s1. The lowest BCUT2D eigenvalue weighted by Crippen LogP contribution is -2.52. The summed E-state index contributed by atoms with van der Waals surface area (Å²) in [6, 6.07) is 12.8. The molecule has 0 fully saturated rings. The molecule has 0 aliphatic heterocycles. The van der Waals surface area contributed by atoms with E-state index in [0.29, 0.717) is 15.2 Å². The van der Waals surface area contributed by atoms with Gasteiger partial charge in [0.1, 0.15) is 12.6 Å². The van der Waals surface area contributed by atoms with Gasteiger partial charge in [0.25, 0.3) is 0 Å². The average molecular weight is 559 g/mol. The van der Waals surface area contributed by atoms with E-state index in [9.17, 15) is 18.0 Å². The summed E-state index contributed by atoms with van der Waals surface area (Å²) >= 11 is 9.33. The Morgan fingerprint density at radius 3 is 2.24 bits per heavy atom. The highest BCUT2D eigenvalue weighted by Crippen LogP contribution is 2.28. The van der Waals surface area contributed by atoms with Crippen LogP contribution < -0.4 is 9.62 Å². The molecule has 2 rings (SSSR count). The van der Waals surface area contributed by atoms with Crippen LogP contribution in [0.25, 0.3) is 0 Å². The normalized spacial score (nSPS) is 13.2. The van der Waals surface area contributed by atoms with E-state index in [2.05, 4.69) is 21.2 Å². The van der Waals surface area contributed by atoms with Gasteiger partial charge in [-0.15, -0.1) is 0 Å². The van der Waals surface area contributed by atoms with Gasteiger partial charge in [-0.3, -0.25) is 13.9 Å². The van der Waals surface area contributed by atoms with E-state index in [1.807, 2.05) is 13.8 Å². The van der Waals surface area contributed by atoms with Crippen LogP contribution in [-0.4, -0.2) is 50.0 Å². The molecule has 10 heteroatoms. The number of carbonyl (C=O) groups excluding carboxylic acids is 2. The Hall–Kier alpha value is -2.10. The topological polar surface area (TPSA) is 86.8 Å². The molecular formula is C23H29BrClN3O4S. The molecule has 0 saturated heterocycles. The maximum atomic E-state index is 13.5. The smallest absolute Gasteiger partial charge is 0.244 e. The summed E-state index contributed by atoms with van der Waals surface area (Å²) in [6.45, 7) is 5.14. The van der Waals surface area contributed by atoms with Crippen molar-refractivity contribution in [3.63, 3.8) is 0 Å². The lowest BCUT2D eigenvalue weighted by atomic mass is 10.1. The van der Waals surface area contributed by atoms with Crippen LogP contribution in [0, 0.1) is 0 Å². The second-order valence-electron chi connectivity index (χ2n) is 7.86. The minimum atomic E-state index is -3.78. The van der Waals surface area contributed by atoms with Crippen LogP contribution in [0.4, 0.5) is 5.69 Å². The van der Waals surface area contributed by atoms with Crippen molar-refractivity contribution in [2.45, 2.75) is 45.8 Å². The molecule has 0 aliphatic rings. The molecule has 180 valence electrons. The number of rotatable bonds is 10. The van der Waals surface area contributed by atoms with Crippen molar-refractivity contribution >= 4 is 55.1 Å². The number of amides is 2. The van der Waals surface area contributed by atoms with Crippen molar-refractivity contribution in [1.82, 2.24) is 10.2 Å². The Labute approximate surface area is 209 Å². The zero-order chi connectivity index (χ0) is 24.8. The first-order chi connectivity index (χ1) is 15.4. The minimum absolute atomic E-state index is 0.0553. The van der Waals surface area contributed by atoms with E-state index in [0.717, 1.165) is 22.5 Å². The fourth-order valence-corrected chi connectivity index (χ4v) is 4.69. The third kappa shape index (κ3) is 7.72. The maximum Gasteiger partial charge on any atom is 0.244 e. The fraction of sp³-hybridized carbons (Fsp3) is 0.391. The first kappa shape index (κ1) is 27.1. The Balaban J connectivity index is 2.39. The Bertz CT molecular complexity index is 1080. The highest BCUT2D eigenvalue weighted by atomic mass is 79.9. The van der Waals surface area contributed by atoms with Crippen LogP contribution in [-0.2, 0) is 26.2 Å². The Morgan fingerprint density at radius 2 is 1.70 bits per heavy atom. The van der Waals surface area contributed by atoms with Crippen LogP contribution >= 0.6 is 27.5 Å². The lowest BCUT2D eigenvalue weighted by Gasteiger charge is -2.32. The molecule has 1 N–H and O–H groups in total. The monoisotopic (exact) mass is 557 g/mol. The molecule has 0 aromatic heterocycles. The summed E-state index contributed by atoms with van der Waals surface area (Å²) in [5, 5.41) is 3.44. The number of benzene rings is 2. The van der Waals surface area contributed by atoms with Crippen LogP contribution in [0.15, 0.2) is 53.0 Å². The predicted molar refractivity (Wildman–Crippen MR) is 136 cm³/mol. The van der Waals surface area contributed by atoms with Gasteiger partial charge in [-0.25, -0.2) is 8.42 Å². The van der Waals surface area contributed by atoms with Crippen LogP contribution in [0.3, 0.4) is 0 Å². The first-order valence-corrected chi connectivity index (χ1v) is 13.5. The van der Waals surface area contributed by atoms with Gasteiger partial charge in [-0.05, 0) is 66.0 Å². The molecular weight excluding hydrogens is 530 g/mol. The van der Waals surface area contributed by atoms with Crippen molar-refractivity contribution in [2.24, 2.45) is 0 Å². The first-order valence-electron chi connectivity index (χ1n) is 10.5. The van der Waals surface area contributed by atoms with Gasteiger partial charge in [0, 0.05) is 22.1 Å². The summed E-state index contributed by atoms with van der Waals surface area (Å²) in [7, 11) is -3.78. The highest BCUT2D eigenvalue weighted by Gasteiger charge is 2.31. The second kappa shape index (κ2) is 11.9. The summed E-state index contributed by atoms with van der Waals surface area (Å²) in [5.74, 6) is -0.809. The van der Waals surface area contributed by atoms with E-state index in [-0.39, 0.29) is 18.5 Å². The molecule has 33 heavy (non-hydrogen) atoms. The predicted octanol–water partition coefficient (Wildman–Crippen LogP) is 4.20. The Kier molecular flexibility index (Phi) is 9.75. The Morgan fingerprint density at radius 1 is 1.09 bits per heavy atom. The van der Waals surface area contributed by atoms with Crippen LogP contribution in [0.5, 0.6) is 0 Å². The average Bonchev–Trinajstić information content (AvgIpc) is 2.76. The largest absolute Gasteiger partial charge is 0.352 e. The third-order valence-electron chi connectivity index (χ3n) is 5.23. The molecule has 7 nitrogen and oxygen atoms in total. The molecule has 0 aliphatic carbocycles. The number of halogens is 2. The molecule has 0 spiro atoms. The van der Waals surface area contributed by atoms with Gasteiger partial charge in [-0.2, -0.15) is 0 Å². The molecule has 0 bridgehead atoms. The minimum Gasteiger partial charge on any atom is -0.352 e. The van der Waals surface area contributed by atoms with Gasteiger partial charge >= 0.3 is 0 Å². The summed E-state index contributed by atoms with van der Waals surface area (Å²) < 4.78 is 26.7. The SMILES string of the molecule is CC[C@@H](C)NC(=O)[C@@H](C)N(Cc1ccc(Cl)cc1)C(=O)CN(c1ccccc1Br)S(C)(=O)=O. The molecule has 2 aromatic carbocycles. The number of sulfonamides is 1. The molecule has 0 heterocycles. The van der Waals surface area contributed by atoms with Crippen molar-refractivity contribution in [3.8, 4) is 0 Å².